The normalized spacial score (nSPS) is 21.1. The van der Waals surface area contributed by atoms with Gasteiger partial charge in [0.05, 0.1) is 10.6 Å². The number of alkyl halides is 3. The third kappa shape index (κ3) is 2.69. The van der Waals surface area contributed by atoms with Gasteiger partial charge in [-0.15, -0.1) is 0 Å². The summed E-state index contributed by atoms with van der Waals surface area (Å²) in [5.41, 5.74) is -0.434. The Balaban J connectivity index is 2.37. The molecule has 1 saturated carbocycles. The van der Waals surface area contributed by atoms with Crippen LogP contribution < -0.4 is 0 Å². The van der Waals surface area contributed by atoms with Crippen LogP contribution in [0.4, 0.5) is 13.2 Å². The zero-order valence-corrected chi connectivity index (χ0v) is 10.3. The number of Topliss-reactive ketones (excluding diaryl/α,β-unsaturated/α-hetero) is 1. The Morgan fingerprint density at radius 1 is 1.22 bits per heavy atom. The molecule has 0 heterocycles. The van der Waals surface area contributed by atoms with E-state index in [4.69, 9.17) is 11.6 Å². The number of carbonyl (C=O) groups excluding carboxylic acids is 1. The van der Waals surface area contributed by atoms with Crippen LogP contribution in [0.15, 0.2) is 18.2 Å². The molecule has 18 heavy (non-hydrogen) atoms. The molecular weight excluding hydrogens is 265 g/mol. The lowest BCUT2D eigenvalue weighted by Crippen LogP contribution is -2.18. The van der Waals surface area contributed by atoms with Crippen molar-refractivity contribution in [2.75, 3.05) is 0 Å². The second kappa shape index (κ2) is 4.92. The van der Waals surface area contributed by atoms with Crippen LogP contribution in [0.25, 0.3) is 0 Å². The van der Waals surface area contributed by atoms with Gasteiger partial charge in [0.25, 0.3) is 0 Å². The fraction of sp³-hybridized carbons (Fsp3) is 0.462. The highest BCUT2D eigenvalue weighted by Crippen LogP contribution is 2.38. The van der Waals surface area contributed by atoms with Gasteiger partial charge in [0, 0.05) is 12.3 Å². The summed E-state index contributed by atoms with van der Waals surface area (Å²) in [6.07, 6.45) is -1.70. The number of hydrogen-bond acceptors (Lipinski definition) is 1. The van der Waals surface area contributed by atoms with E-state index in [1.54, 1.807) is 0 Å². The molecule has 1 fully saturated rings. The van der Waals surface area contributed by atoms with Crippen LogP contribution in [0.1, 0.15) is 42.7 Å². The van der Waals surface area contributed by atoms with E-state index in [2.05, 4.69) is 0 Å². The molecule has 5 heteroatoms. The van der Waals surface area contributed by atoms with Crippen molar-refractivity contribution in [2.24, 2.45) is 0 Å². The Kier molecular flexibility index (Phi) is 3.66. The van der Waals surface area contributed by atoms with E-state index in [0.717, 1.165) is 18.9 Å². The van der Waals surface area contributed by atoms with Gasteiger partial charge >= 0.3 is 6.18 Å². The minimum Gasteiger partial charge on any atom is -0.299 e. The minimum absolute atomic E-state index is 0.0247. The summed E-state index contributed by atoms with van der Waals surface area (Å²) in [4.78, 5) is 11.7. The summed E-state index contributed by atoms with van der Waals surface area (Å²) in [5.74, 6) is -0.381. The van der Waals surface area contributed by atoms with Crippen molar-refractivity contribution in [3.05, 3.63) is 34.3 Å². The standard InChI is InChI=1S/C13H12ClF3O/c14-11-6-5-8(7-10(11)13(15,16)17)9-3-1-2-4-12(9)18/h5-7,9H,1-4H2/t9-/m1/s1. The maximum Gasteiger partial charge on any atom is 0.417 e. The van der Waals surface area contributed by atoms with Gasteiger partial charge in [0.1, 0.15) is 5.78 Å². The molecule has 1 nitrogen and oxygen atoms in total. The molecular formula is C13H12ClF3O. The maximum absolute atomic E-state index is 12.7. The van der Waals surface area contributed by atoms with E-state index in [1.165, 1.54) is 12.1 Å². The van der Waals surface area contributed by atoms with Crippen molar-refractivity contribution >= 4 is 17.4 Å². The van der Waals surface area contributed by atoms with E-state index >= 15 is 0 Å². The molecule has 1 atom stereocenters. The van der Waals surface area contributed by atoms with Crippen LogP contribution in [0.5, 0.6) is 0 Å². The van der Waals surface area contributed by atoms with E-state index in [1.807, 2.05) is 0 Å². The Morgan fingerprint density at radius 2 is 1.94 bits per heavy atom. The second-order valence-electron chi connectivity index (χ2n) is 4.50. The van der Waals surface area contributed by atoms with E-state index in [-0.39, 0.29) is 10.8 Å². The first-order valence-electron chi connectivity index (χ1n) is 5.79. The summed E-state index contributed by atoms with van der Waals surface area (Å²) in [5, 5.41) is -0.325. The van der Waals surface area contributed by atoms with Crippen LogP contribution >= 0.6 is 11.6 Å². The predicted molar refractivity (Wildman–Crippen MR) is 62.7 cm³/mol. The molecule has 0 saturated heterocycles. The van der Waals surface area contributed by atoms with Crippen molar-refractivity contribution in [3.63, 3.8) is 0 Å². The number of ketones is 1. The molecule has 2 rings (SSSR count). The lowest BCUT2D eigenvalue weighted by Gasteiger charge is -2.22. The summed E-state index contributed by atoms with van der Waals surface area (Å²) in [7, 11) is 0. The van der Waals surface area contributed by atoms with Gasteiger partial charge in [-0.2, -0.15) is 13.2 Å². The number of halogens is 4. The van der Waals surface area contributed by atoms with Crippen LogP contribution in [-0.2, 0) is 11.0 Å². The van der Waals surface area contributed by atoms with E-state index in [0.29, 0.717) is 18.4 Å². The Labute approximate surface area is 108 Å². The lowest BCUT2D eigenvalue weighted by atomic mass is 9.82. The smallest absolute Gasteiger partial charge is 0.299 e. The van der Waals surface area contributed by atoms with E-state index in [9.17, 15) is 18.0 Å². The predicted octanol–water partition coefficient (Wildman–Crippen LogP) is 4.59. The molecule has 0 N–H and O–H groups in total. The van der Waals surface area contributed by atoms with Crippen molar-refractivity contribution in [1.82, 2.24) is 0 Å². The fourth-order valence-corrected chi connectivity index (χ4v) is 2.54. The number of benzene rings is 1. The fourth-order valence-electron chi connectivity index (χ4n) is 2.31. The quantitative estimate of drug-likeness (QED) is 0.733. The topological polar surface area (TPSA) is 17.1 Å². The van der Waals surface area contributed by atoms with Crippen LogP contribution in [0.2, 0.25) is 5.02 Å². The Bertz CT molecular complexity index is 468. The van der Waals surface area contributed by atoms with Crippen molar-refractivity contribution in [1.29, 1.82) is 0 Å². The summed E-state index contributed by atoms with van der Waals surface area (Å²) in [6, 6.07) is 3.75. The average molecular weight is 277 g/mol. The van der Waals surface area contributed by atoms with Crippen molar-refractivity contribution < 1.29 is 18.0 Å². The number of rotatable bonds is 1. The van der Waals surface area contributed by atoms with Gasteiger partial charge in [0.15, 0.2) is 0 Å². The maximum atomic E-state index is 12.7. The zero-order chi connectivity index (χ0) is 13.3. The SMILES string of the molecule is O=C1CCCC[C@@H]1c1ccc(Cl)c(C(F)(F)F)c1. The van der Waals surface area contributed by atoms with Gasteiger partial charge in [-0.05, 0) is 30.5 Å². The molecule has 1 aliphatic rings. The molecule has 0 unspecified atom stereocenters. The molecule has 0 aliphatic heterocycles. The molecule has 98 valence electrons. The highest BCUT2D eigenvalue weighted by atomic mass is 35.5. The molecule has 1 aliphatic carbocycles. The minimum atomic E-state index is -4.48. The Morgan fingerprint density at radius 3 is 2.56 bits per heavy atom. The zero-order valence-electron chi connectivity index (χ0n) is 9.56. The lowest BCUT2D eigenvalue weighted by molar-refractivity contribution is -0.137. The third-order valence-electron chi connectivity index (χ3n) is 3.25. The molecule has 1 aromatic rings. The highest BCUT2D eigenvalue weighted by molar-refractivity contribution is 6.31. The molecule has 1 aromatic carbocycles. The van der Waals surface area contributed by atoms with Gasteiger partial charge in [-0.25, -0.2) is 0 Å². The number of hydrogen-bond donors (Lipinski definition) is 0. The van der Waals surface area contributed by atoms with Crippen LogP contribution in [-0.4, -0.2) is 5.78 Å². The second-order valence-corrected chi connectivity index (χ2v) is 4.91. The van der Waals surface area contributed by atoms with Crippen molar-refractivity contribution in [2.45, 2.75) is 37.8 Å². The largest absolute Gasteiger partial charge is 0.417 e. The van der Waals surface area contributed by atoms with Gasteiger partial charge < -0.3 is 0 Å². The van der Waals surface area contributed by atoms with Crippen LogP contribution in [0.3, 0.4) is 0 Å². The molecule has 0 spiro atoms. The third-order valence-corrected chi connectivity index (χ3v) is 3.58. The van der Waals surface area contributed by atoms with Gasteiger partial charge in [0.2, 0.25) is 0 Å². The summed E-state index contributed by atoms with van der Waals surface area (Å²) < 4.78 is 38.2. The monoisotopic (exact) mass is 276 g/mol. The molecule has 0 aromatic heterocycles. The van der Waals surface area contributed by atoms with Crippen LogP contribution in [0, 0.1) is 0 Å². The number of carbonyl (C=O) groups is 1. The summed E-state index contributed by atoms with van der Waals surface area (Å²) in [6.45, 7) is 0. The van der Waals surface area contributed by atoms with Gasteiger partial charge in [-0.3, -0.25) is 4.79 Å². The highest BCUT2D eigenvalue weighted by Gasteiger charge is 2.34. The summed E-state index contributed by atoms with van der Waals surface area (Å²) >= 11 is 5.55. The Hall–Kier alpha value is -1.03. The van der Waals surface area contributed by atoms with Gasteiger partial charge in [-0.1, -0.05) is 24.1 Å². The first-order chi connectivity index (χ1) is 8.39. The molecule has 0 radical (unpaired) electrons. The average Bonchev–Trinajstić information content (AvgIpc) is 2.29. The molecule has 0 bridgehead atoms. The van der Waals surface area contributed by atoms with Crippen molar-refractivity contribution in [3.8, 4) is 0 Å². The molecule has 0 amide bonds. The first-order valence-corrected chi connectivity index (χ1v) is 6.17. The van der Waals surface area contributed by atoms with E-state index < -0.39 is 17.7 Å². The first kappa shape index (κ1) is 13.4.